The van der Waals surface area contributed by atoms with Crippen LogP contribution in [0.15, 0.2) is 18.2 Å². The Morgan fingerprint density at radius 1 is 1.33 bits per heavy atom. The Kier molecular flexibility index (Phi) is 5.62. The van der Waals surface area contributed by atoms with Crippen molar-refractivity contribution in [3.8, 4) is 5.75 Å². The Bertz CT molecular complexity index is 478. The first-order valence-corrected chi connectivity index (χ1v) is 7.80. The number of benzene rings is 1. The molecule has 4 heteroatoms. The molecular formula is C17H26N2O2. The third-order valence-electron chi connectivity index (χ3n) is 3.92. The van der Waals surface area contributed by atoms with Crippen molar-refractivity contribution in [3.63, 3.8) is 0 Å². The summed E-state index contributed by atoms with van der Waals surface area (Å²) in [5.41, 5.74) is 2.31. The van der Waals surface area contributed by atoms with E-state index in [0.29, 0.717) is 5.92 Å². The average molecular weight is 290 g/mol. The van der Waals surface area contributed by atoms with Gasteiger partial charge in [0.15, 0.2) is 6.61 Å². The molecule has 0 spiro atoms. The van der Waals surface area contributed by atoms with Crippen molar-refractivity contribution in [2.45, 2.75) is 33.1 Å². The Morgan fingerprint density at radius 3 is 2.90 bits per heavy atom. The molecule has 1 aromatic carbocycles. The highest BCUT2D eigenvalue weighted by Crippen LogP contribution is 2.24. The fourth-order valence-electron chi connectivity index (χ4n) is 2.46. The smallest absolute Gasteiger partial charge is 0.260 e. The molecule has 1 saturated heterocycles. The molecule has 1 fully saturated rings. The van der Waals surface area contributed by atoms with Crippen molar-refractivity contribution >= 4 is 5.91 Å². The van der Waals surface area contributed by atoms with Crippen molar-refractivity contribution < 1.29 is 9.53 Å². The Hall–Kier alpha value is -1.55. The maximum atomic E-state index is 12.2. The van der Waals surface area contributed by atoms with Crippen molar-refractivity contribution in [1.82, 2.24) is 10.2 Å². The largest absolute Gasteiger partial charge is 0.483 e. The van der Waals surface area contributed by atoms with Crippen LogP contribution in [0.1, 0.15) is 37.3 Å². The molecule has 2 rings (SSSR count). The summed E-state index contributed by atoms with van der Waals surface area (Å²) in [4.78, 5) is 14.1. The van der Waals surface area contributed by atoms with Crippen LogP contribution in [0.5, 0.6) is 5.75 Å². The van der Waals surface area contributed by atoms with Crippen LogP contribution in [0.4, 0.5) is 0 Å². The van der Waals surface area contributed by atoms with E-state index in [9.17, 15) is 4.79 Å². The molecular weight excluding hydrogens is 264 g/mol. The van der Waals surface area contributed by atoms with Gasteiger partial charge in [-0.15, -0.1) is 0 Å². The molecule has 4 nitrogen and oxygen atoms in total. The van der Waals surface area contributed by atoms with Crippen LogP contribution in [0.3, 0.4) is 0 Å². The lowest BCUT2D eigenvalue weighted by molar-refractivity contribution is -0.133. The molecule has 0 bridgehead atoms. The van der Waals surface area contributed by atoms with E-state index in [1.54, 1.807) is 0 Å². The molecule has 0 unspecified atom stereocenters. The van der Waals surface area contributed by atoms with E-state index in [4.69, 9.17) is 4.74 Å². The first-order chi connectivity index (χ1) is 10.1. The van der Waals surface area contributed by atoms with Gasteiger partial charge in [0, 0.05) is 19.6 Å². The van der Waals surface area contributed by atoms with Crippen LogP contribution in [0.25, 0.3) is 0 Å². The number of carbonyl (C=O) groups is 1. The van der Waals surface area contributed by atoms with Gasteiger partial charge in [0.1, 0.15) is 5.75 Å². The minimum atomic E-state index is 0.0769. The van der Waals surface area contributed by atoms with Crippen LogP contribution in [-0.2, 0) is 4.79 Å². The number of hydrogen-bond donors (Lipinski definition) is 1. The van der Waals surface area contributed by atoms with Crippen LogP contribution >= 0.6 is 0 Å². The monoisotopic (exact) mass is 290 g/mol. The predicted octanol–water partition coefficient (Wildman–Crippen LogP) is 2.32. The van der Waals surface area contributed by atoms with E-state index in [0.717, 1.165) is 43.9 Å². The van der Waals surface area contributed by atoms with E-state index in [2.05, 4.69) is 37.4 Å². The summed E-state index contributed by atoms with van der Waals surface area (Å²) in [6.07, 6.45) is 1.01. The number of hydrogen-bond acceptors (Lipinski definition) is 3. The van der Waals surface area contributed by atoms with Gasteiger partial charge in [-0.05, 0) is 43.0 Å². The second-order valence-corrected chi connectivity index (χ2v) is 5.95. The summed E-state index contributed by atoms with van der Waals surface area (Å²) in [7, 11) is 0. The Morgan fingerprint density at radius 2 is 2.14 bits per heavy atom. The number of nitrogens with zero attached hydrogens (tertiary/aromatic N) is 1. The summed E-state index contributed by atoms with van der Waals surface area (Å²) in [6, 6.07) is 6.23. The summed E-state index contributed by atoms with van der Waals surface area (Å²) < 4.78 is 5.77. The standard InChI is InChI=1S/C17H26N2O2/c1-13(2)15-6-5-14(3)16(11-15)21-12-17(20)19-9-4-7-18-8-10-19/h5-6,11,13,18H,4,7-10,12H2,1-3H3. The molecule has 1 heterocycles. The molecule has 1 amide bonds. The number of ether oxygens (including phenoxy) is 1. The van der Waals surface area contributed by atoms with Crippen molar-refractivity contribution in [2.24, 2.45) is 0 Å². The summed E-state index contributed by atoms with van der Waals surface area (Å²) in [6.45, 7) is 9.90. The lowest BCUT2D eigenvalue weighted by atomic mass is 10.0. The van der Waals surface area contributed by atoms with E-state index in [1.165, 1.54) is 5.56 Å². The Labute approximate surface area is 127 Å². The zero-order chi connectivity index (χ0) is 15.2. The van der Waals surface area contributed by atoms with E-state index >= 15 is 0 Å². The molecule has 21 heavy (non-hydrogen) atoms. The molecule has 1 aliphatic heterocycles. The van der Waals surface area contributed by atoms with Crippen LogP contribution < -0.4 is 10.1 Å². The zero-order valence-corrected chi connectivity index (χ0v) is 13.3. The van der Waals surface area contributed by atoms with E-state index in [1.807, 2.05) is 11.8 Å². The number of carbonyl (C=O) groups excluding carboxylic acids is 1. The molecule has 0 atom stereocenters. The van der Waals surface area contributed by atoms with Gasteiger partial charge in [-0.3, -0.25) is 4.79 Å². The highest BCUT2D eigenvalue weighted by molar-refractivity contribution is 5.77. The second-order valence-electron chi connectivity index (χ2n) is 5.95. The number of amides is 1. The first-order valence-electron chi connectivity index (χ1n) is 7.80. The minimum Gasteiger partial charge on any atom is -0.483 e. The van der Waals surface area contributed by atoms with Crippen LogP contribution in [0, 0.1) is 6.92 Å². The van der Waals surface area contributed by atoms with Crippen molar-refractivity contribution in [1.29, 1.82) is 0 Å². The maximum Gasteiger partial charge on any atom is 0.260 e. The third-order valence-corrected chi connectivity index (χ3v) is 3.92. The van der Waals surface area contributed by atoms with Gasteiger partial charge >= 0.3 is 0 Å². The van der Waals surface area contributed by atoms with Crippen LogP contribution in [-0.4, -0.2) is 43.6 Å². The SMILES string of the molecule is Cc1ccc(C(C)C)cc1OCC(=O)N1CCCNCC1. The topological polar surface area (TPSA) is 41.6 Å². The fourth-order valence-corrected chi connectivity index (χ4v) is 2.46. The van der Waals surface area contributed by atoms with Gasteiger partial charge in [0.05, 0.1) is 0 Å². The molecule has 1 N–H and O–H groups in total. The molecule has 1 aromatic rings. The van der Waals surface area contributed by atoms with Gasteiger partial charge < -0.3 is 15.0 Å². The zero-order valence-electron chi connectivity index (χ0n) is 13.3. The summed E-state index contributed by atoms with van der Waals surface area (Å²) in [5, 5.41) is 3.30. The van der Waals surface area contributed by atoms with Gasteiger partial charge in [-0.2, -0.15) is 0 Å². The normalized spacial score (nSPS) is 15.9. The summed E-state index contributed by atoms with van der Waals surface area (Å²) in [5.74, 6) is 1.36. The molecule has 0 aromatic heterocycles. The highest BCUT2D eigenvalue weighted by atomic mass is 16.5. The van der Waals surface area contributed by atoms with Crippen LogP contribution in [0.2, 0.25) is 0 Å². The molecule has 0 saturated carbocycles. The lowest BCUT2D eigenvalue weighted by Crippen LogP contribution is -2.37. The lowest BCUT2D eigenvalue weighted by Gasteiger charge is -2.20. The van der Waals surface area contributed by atoms with Gasteiger partial charge in [-0.1, -0.05) is 26.0 Å². The quantitative estimate of drug-likeness (QED) is 0.925. The van der Waals surface area contributed by atoms with Gasteiger partial charge in [0.2, 0.25) is 0 Å². The van der Waals surface area contributed by atoms with Crippen molar-refractivity contribution in [3.05, 3.63) is 29.3 Å². The molecule has 1 aliphatic rings. The number of aryl methyl sites for hydroxylation is 1. The molecule has 116 valence electrons. The van der Waals surface area contributed by atoms with Crippen molar-refractivity contribution in [2.75, 3.05) is 32.8 Å². The second kappa shape index (κ2) is 7.46. The summed E-state index contributed by atoms with van der Waals surface area (Å²) >= 11 is 0. The van der Waals surface area contributed by atoms with Gasteiger partial charge in [-0.25, -0.2) is 0 Å². The Balaban J connectivity index is 1.95. The number of rotatable bonds is 4. The predicted molar refractivity (Wildman–Crippen MR) is 84.8 cm³/mol. The number of nitrogens with one attached hydrogen (secondary N) is 1. The fraction of sp³-hybridized carbons (Fsp3) is 0.588. The first kappa shape index (κ1) is 15.8. The average Bonchev–Trinajstić information content (AvgIpc) is 2.75. The van der Waals surface area contributed by atoms with E-state index < -0.39 is 0 Å². The molecule has 0 radical (unpaired) electrons. The highest BCUT2D eigenvalue weighted by Gasteiger charge is 2.16. The maximum absolute atomic E-state index is 12.2. The van der Waals surface area contributed by atoms with Gasteiger partial charge in [0.25, 0.3) is 5.91 Å². The third kappa shape index (κ3) is 4.46. The minimum absolute atomic E-state index is 0.0769. The van der Waals surface area contributed by atoms with E-state index in [-0.39, 0.29) is 12.5 Å². The molecule has 0 aliphatic carbocycles.